The third-order valence-corrected chi connectivity index (χ3v) is 3.23. The normalized spacial score (nSPS) is 41.1. The number of hydrogen-bond acceptors (Lipinski definition) is 2. The van der Waals surface area contributed by atoms with Crippen molar-refractivity contribution >= 4 is 17.4 Å². The zero-order chi connectivity index (χ0) is 8.55. The minimum atomic E-state index is 0.323. The van der Waals surface area contributed by atoms with Crippen LogP contribution in [0.2, 0.25) is 0 Å². The standard InChI is InChI=1S/C9H15NOS/c1-6-7-4-2-3-5-8(7)10-9(12)11-6/h6-8H,2-5H2,1H3,(H,10,12). The summed E-state index contributed by atoms with van der Waals surface area (Å²) in [7, 11) is 0. The van der Waals surface area contributed by atoms with Crippen LogP contribution in [0.1, 0.15) is 32.6 Å². The Balaban J connectivity index is 2.06. The molecule has 2 aliphatic rings. The molecule has 0 radical (unpaired) electrons. The molecule has 2 nitrogen and oxygen atoms in total. The second-order valence-corrected chi connectivity index (χ2v) is 4.18. The maximum atomic E-state index is 5.48. The molecule has 1 saturated carbocycles. The van der Waals surface area contributed by atoms with E-state index in [0.29, 0.717) is 23.2 Å². The highest BCUT2D eigenvalue weighted by molar-refractivity contribution is 7.80. The first-order chi connectivity index (χ1) is 5.77. The third-order valence-electron chi connectivity index (χ3n) is 3.02. The van der Waals surface area contributed by atoms with Gasteiger partial charge in [0.1, 0.15) is 6.10 Å². The second-order valence-electron chi connectivity index (χ2n) is 3.81. The number of nitrogens with one attached hydrogen (secondary N) is 1. The molecule has 3 atom stereocenters. The lowest BCUT2D eigenvalue weighted by Crippen LogP contribution is -2.52. The van der Waals surface area contributed by atoms with Gasteiger partial charge in [-0.2, -0.15) is 0 Å². The second kappa shape index (κ2) is 3.21. The molecule has 0 aromatic carbocycles. The Bertz CT molecular complexity index is 195. The summed E-state index contributed by atoms with van der Waals surface area (Å²) in [5.41, 5.74) is 0. The van der Waals surface area contributed by atoms with Crippen LogP contribution in [0.4, 0.5) is 0 Å². The third kappa shape index (κ3) is 1.42. The molecule has 0 aromatic rings. The van der Waals surface area contributed by atoms with E-state index in [-0.39, 0.29) is 0 Å². The smallest absolute Gasteiger partial charge is 0.257 e. The van der Waals surface area contributed by atoms with Gasteiger partial charge in [0.2, 0.25) is 0 Å². The maximum absolute atomic E-state index is 5.48. The first kappa shape index (κ1) is 8.30. The molecule has 0 aromatic heterocycles. The molecule has 68 valence electrons. The average Bonchev–Trinajstić information content (AvgIpc) is 2.04. The van der Waals surface area contributed by atoms with E-state index in [0.717, 1.165) is 0 Å². The topological polar surface area (TPSA) is 21.3 Å². The zero-order valence-corrected chi connectivity index (χ0v) is 8.19. The van der Waals surface area contributed by atoms with Gasteiger partial charge in [0.15, 0.2) is 0 Å². The van der Waals surface area contributed by atoms with Gasteiger partial charge in [0.05, 0.1) is 0 Å². The predicted molar refractivity (Wildman–Crippen MR) is 52.0 cm³/mol. The Kier molecular flexibility index (Phi) is 2.22. The summed E-state index contributed by atoms with van der Waals surface area (Å²) >= 11 is 5.02. The van der Waals surface area contributed by atoms with Crippen molar-refractivity contribution in [2.45, 2.75) is 44.8 Å². The van der Waals surface area contributed by atoms with E-state index in [9.17, 15) is 0 Å². The molecule has 12 heavy (non-hydrogen) atoms. The van der Waals surface area contributed by atoms with E-state index >= 15 is 0 Å². The molecule has 0 amide bonds. The molecule has 0 bridgehead atoms. The summed E-state index contributed by atoms with van der Waals surface area (Å²) in [4.78, 5) is 0. The van der Waals surface area contributed by atoms with Gasteiger partial charge in [-0.15, -0.1) is 0 Å². The number of hydrogen-bond donors (Lipinski definition) is 1. The van der Waals surface area contributed by atoms with Gasteiger partial charge < -0.3 is 10.1 Å². The van der Waals surface area contributed by atoms with Crippen molar-refractivity contribution in [1.29, 1.82) is 0 Å². The van der Waals surface area contributed by atoms with Crippen molar-refractivity contribution in [2.75, 3.05) is 0 Å². The van der Waals surface area contributed by atoms with Crippen LogP contribution >= 0.6 is 12.2 Å². The molecular formula is C9H15NOS. The number of fused-ring (bicyclic) bond motifs is 1. The predicted octanol–water partition coefficient (Wildman–Crippen LogP) is 1.84. The lowest BCUT2D eigenvalue weighted by atomic mass is 9.81. The van der Waals surface area contributed by atoms with Gasteiger partial charge in [-0.25, -0.2) is 0 Å². The average molecular weight is 185 g/mol. The van der Waals surface area contributed by atoms with Crippen molar-refractivity contribution in [2.24, 2.45) is 5.92 Å². The van der Waals surface area contributed by atoms with Crippen molar-refractivity contribution in [3.8, 4) is 0 Å². The van der Waals surface area contributed by atoms with Crippen LogP contribution in [0.25, 0.3) is 0 Å². The molecule has 1 aliphatic heterocycles. The van der Waals surface area contributed by atoms with Gasteiger partial charge in [-0.05, 0) is 32.0 Å². The fraction of sp³-hybridized carbons (Fsp3) is 0.889. The van der Waals surface area contributed by atoms with E-state index in [1.807, 2.05) is 0 Å². The Morgan fingerprint density at radius 1 is 1.42 bits per heavy atom. The van der Waals surface area contributed by atoms with Gasteiger partial charge in [0.25, 0.3) is 5.17 Å². The molecule has 3 heteroatoms. The fourth-order valence-electron chi connectivity index (χ4n) is 2.34. The largest absolute Gasteiger partial charge is 0.468 e. The molecule has 2 fully saturated rings. The van der Waals surface area contributed by atoms with Crippen LogP contribution in [-0.4, -0.2) is 17.3 Å². The highest BCUT2D eigenvalue weighted by Crippen LogP contribution is 2.30. The fourth-order valence-corrected chi connectivity index (χ4v) is 2.65. The van der Waals surface area contributed by atoms with Crippen molar-refractivity contribution < 1.29 is 4.74 Å². The Morgan fingerprint density at radius 2 is 2.17 bits per heavy atom. The highest BCUT2D eigenvalue weighted by atomic mass is 32.1. The van der Waals surface area contributed by atoms with E-state index in [1.165, 1.54) is 25.7 Å². The summed E-state index contributed by atoms with van der Waals surface area (Å²) in [5.74, 6) is 0.686. The highest BCUT2D eigenvalue weighted by Gasteiger charge is 2.35. The number of ether oxygens (including phenoxy) is 1. The van der Waals surface area contributed by atoms with E-state index in [1.54, 1.807) is 0 Å². The summed E-state index contributed by atoms with van der Waals surface area (Å²) in [5, 5.41) is 3.86. The molecule has 0 spiro atoms. The lowest BCUT2D eigenvalue weighted by Gasteiger charge is -2.40. The van der Waals surface area contributed by atoms with E-state index < -0.39 is 0 Å². The minimum Gasteiger partial charge on any atom is -0.468 e. The van der Waals surface area contributed by atoms with Crippen LogP contribution in [0.15, 0.2) is 0 Å². The molecule has 3 unspecified atom stereocenters. The Hall–Kier alpha value is -0.310. The molecule has 1 heterocycles. The van der Waals surface area contributed by atoms with Crippen LogP contribution in [0.5, 0.6) is 0 Å². The quantitative estimate of drug-likeness (QED) is 0.582. The van der Waals surface area contributed by atoms with Crippen LogP contribution in [-0.2, 0) is 4.74 Å². The van der Waals surface area contributed by atoms with Gasteiger partial charge in [0, 0.05) is 12.0 Å². The Labute approximate surface area is 78.7 Å². The summed E-state index contributed by atoms with van der Waals surface area (Å²) in [6.45, 7) is 2.14. The van der Waals surface area contributed by atoms with E-state index in [2.05, 4.69) is 12.2 Å². The van der Waals surface area contributed by atoms with Crippen LogP contribution in [0, 0.1) is 5.92 Å². The molecule has 1 aliphatic carbocycles. The maximum Gasteiger partial charge on any atom is 0.257 e. The summed E-state index contributed by atoms with van der Waals surface area (Å²) in [6, 6.07) is 0.593. The van der Waals surface area contributed by atoms with Crippen molar-refractivity contribution in [3.63, 3.8) is 0 Å². The van der Waals surface area contributed by atoms with E-state index in [4.69, 9.17) is 17.0 Å². The van der Waals surface area contributed by atoms with Crippen molar-refractivity contribution in [1.82, 2.24) is 5.32 Å². The van der Waals surface area contributed by atoms with Crippen LogP contribution in [0.3, 0.4) is 0 Å². The monoisotopic (exact) mass is 185 g/mol. The first-order valence-corrected chi connectivity index (χ1v) is 5.15. The first-order valence-electron chi connectivity index (χ1n) is 4.74. The molecule has 2 rings (SSSR count). The summed E-state index contributed by atoms with van der Waals surface area (Å²) in [6.07, 6.45) is 5.57. The lowest BCUT2D eigenvalue weighted by molar-refractivity contribution is 0.0583. The number of rotatable bonds is 0. The zero-order valence-electron chi connectivity index (χ0n) is 7.38. The van der Waals surface area contributed by atoms with Crippen LogP contribution < -0.4 is 5.32 Å². The van der Waals surface area contributed by atoms with Gasteiger partial charge in [-0.1, -0.05) is 12.8 Å². The SMILES string of the molecule is CC1OC(=S)NC2CCCCC21. The van der Waals surface area contributed by atoms with Gasteiger partial charge >= 0.3 is 0 Å². The number of thiocarbonyl (C=S) groups is 1. The Morgan fingerprint density at radius 3 is 3.00 bits per heavy atom. The van der Waals surface area contributed by atoms with Gasteiger partial charge in [-0.3, -0.25) is 0 Å². The van der Waals surface area contributed by atoms with Crippen molar-refractivity contribution in [3.05, 3.63) is 0 Å². The summed E-state index contributed by atoms with van der Waals surface area (Å²) < 4.78 is 5.48. The molecule has 1 N–H and O–H groups in total. The molecule has 1 saturated heterocycles. The molecular weight excluding hydrogens is 170 g/mol. The minimum absolute atomic E-state index is 0.323.